The molecule has 0 saturated carbocycles. The first-order chi connectivity index (χ1) is 11.1. The minimum Gasteiger partial charge on any atom is -0.487 e. The fraction of sp³-hybridized carbons (Fsp3) is 0.0625. The smallest absolute Gasteiger partial charge is 0.271 e. The van der Waals surface area contributed by atoms with Crippen molar-refractivity contribution in [3.05, 3.63) is 69.4 Å². The molecule has 0 fully saturated rings. The van der Waals surface area contributed by atoms with Crippen LogP contribution in [0.5, 0.6) is 5.75 Å². The summed E-state index contributed by atoms with van der Waals surface area (Å²) in [6.07, 6.45) is 6.32. The van der Waals surface area contributed by atoms with Crippen LogP contribution in [0.4, 0.5) is 0 Å². The van der Waals surface area contributed by atoms with Crippen LogP contribution in [-0.2, 0) is 0 Å². The predicted octanol–water partition coefficient (Wildman–Crippen LogP) is 3.94. The fourth-order valence-electron chi connectivity index (χ4n) is 1.67. The Balaban J connectivity index is 2.05. The van der Waals surface area contributed by atoms with Gasteiger partial charge in [0.2, 0.25) is 0 Å². The molecule has 0 unspecified atom stereocenters. The first-order valence-corrected chi connectivity index (χ1v) is 8.16. The minimum absolute atomic E-state index is 0.298. The Morgan fingerprint density at radius 1 is 1.30 bits per heavy atom. The molecule has 1 aromatic heterocycles. The van der Waals surface area contributed by atoms with Crippen LogP contribution in [0.2, 0.25) is 0 Å². The van der Waals surface area contributed by atoms with E-state index >= 15 is 0 Å². The molecule has 0 atom stereocenters. The molecule has 0 saturated heterocycles. The molecule has 23 heavy (non-hydrogen) atoms. The third-order valence-corrected chi connectivity index (χ3v) is 3.87. The molecule has 0 spiro atoms. The Labute approximate surface area is 150 Å². The molecule has 0 radical (unpaired) electrons. The van der Waals surface area contributed by atoms with E-state index in [2.05, 4.69) is 54.0 Å². The van der Waals surface area contributed by atoms with Crippen molar-refractivity contribution in [3.8, 4) is 5.75 Å². The molecule has 0 bridgehead atoms. The van der Waals surface area contributed by atoms with Crippen LogP contribution in [-0.4, -0.2) is 23.7 Å². The van der Waals surface area contributed by atoms with Gasteiger partial charge in [-0.1, -0.05) is 12.7 Å². The maximum absolute atomic E-state index is 11.8. The molecule has 1 aromatic carbocycles. The second kappa shape index (κ2) is 8.59. The van der Waals surface area contributed by atoms with Crippen LogP contribution in [0.1, 0.15) is 15.9 Å². The first-order valence-electron chi connectivity index (χ1n) is 6.58. The Morgan fingerprint density at radius 2 is 1.96 bits per heavy atom. The SMILES string of the molecule is C=CCOc1c(Br)cc(/C=N\NC(=O)c2ccncc2)cc1Br. The van der Waals surface area contributed by atoms with E-state index in [-0.39, 0.29) is 5.91 Å². The van der Waals surface area contributed by atoms with E-state index in [1.165, 1.54) is 0 Å². The Bertz CT molecular complexity index is 710. The van der Waals surface area contributed by atoms with Crippen LogP contribution in [0.25, 0.3) is 0 Å². The molecule has 1 amide bonds. The number of nitrogens with one attached hydrogen (secondary N) is 1. The van der Waals surface area contributed by atoms with Crippen molar-refractivity contribution in [2.75, 3.05) is 6.61 Å². The fourth-order valence-corrected chi connectivity index (χ4v) is 3.12. The van der Waals surface area contributed by atoms with Gasteiger partial charge in [-0.15, -0.1) is 0 Å². The number of hydrogen-bond donors (Lipinski definition) is 1. The zero-order valence-corrected chi connectivity index (χ0v) is 15.2. The maximum atomic E-state index is 11.8. The Morgan fingerprint density at radius 3 is 2.57 bits per heavy atom. The van der Waals surface area contributed by atoms with E-state index in [9.17, 15) is 4.79 Å². The molecule has 1 heterocycles. The van der Waals surface area contributed by atoms with Gasteiger partial charge in [-0.25, -0.2) is 5.43 Å². The van der Waals surface area contributed by atoms with Gasteiger partial charge in [0.1, 0.15) is 12.4 Å². The molecule has 118 valence electrons. The molecule has 2 aromatic rings. The molecule has 0 aliphatic heterocycles. The highest BCUT2D eigenvalue weighted by Gasteiger charge is 2.08. The van der Waals surface area contributed by atoms with Gasteiger partial charge in [0.25, 0.3) is 5.91 Å². The van der Waals surface area contributed by atoms with Crippen molar-refractivity contribution in [1.82, 2.24) is 10.4 Å². The monoisotopic (exact) mass is 437 g/mol. The number of carbonyl (C=O) groups is 1. The quantitative estimate of drug-likeness (QED) is 0.422. The van der Waals surface area contributed by atoms with Gasteiger partial charge in [-0.05, 0) is 61.7 Å². The highest BCUT2D eigenvalue weighted by Crippen LogP contribution is 2.34. The molecule has 2 rings (SSSR count). The van der Waals surface area contributed by atoms with Crippen LogP contribution < -0.4 is 10.2 Å². The summed E-state index contributed by atoms with van der Waals surface area (Å²) >= 11 is 6.88. The summed E-state index contributed by atoms with van der Waals surface area (Å²) in [5.41, 5.74) is 3.75. The normalized spacial score (nSPS) is 10.5. The van der Waals surface area contributed by atoms with E-state index in [1.54, 1.807) is 36.8 Å². The Hall–Kier alpha value is -1.99. The second-order valence-corrected chi connectivity index (χ2v) is 6.06. The van der Waals surface area contributed by atoms with Gasteiger partial charge in [-0.2, -0.15) is 5.10 Å². The standard InChI is InChI=1S/C16H13Br2N3O2/c1-2-7-23-15-13(17)8-11(9-14(15)18)10-20-21-16(22)12-3-5-19-6-4-12/h2-6,8-10H,1,7H2,(H,21,22)/b20-10-. The summed E-state index contributed by atoms with van der Waals surface area (Å²) in [5, 5.41) is 3.95. The number of hydrazone groups is 1. The van der Waals surface area contributed by atoms with E-state index in [1.807, 2.05) is 12.1 Å². The van der Waals surface area contributed by atoms with Crippen LogP contribution in [0, 0.1) is 0 Å². The highest BCUT2D eigenvalue weighted by atomic mass is 79.9. The topological polar surface area (TPSA) is 63.6 Å². The summed E-state index contributed by atoms with van der Waals surface area (Å²) < 4.78 is 7.09. The van der Waals surface area contributed by atoms with Gasteiger partial charge in [0.15, 0.2) is 0 Å². The summed E-state index contributed by atoms with van der Waals surface area (Å²) in [7, 11) is 0. The lowest BCUT2D eigenvalue weighted by atomic mass is 10.2. The predicted molar refractivity (Wildman–Crippen MR) is 96.8 cm³/mol. The largest absolute Gasteiger partial charge is 0.487 e. The van der Waals surface area contributed by atoms with E-state index in [4.69, 9.17) is 4.74 Å². The average molecular weight is 439 g/mol. The van der Waals surface area contributed by atoms with Gasteiger partial charge < -0.3 is 4.74 Å². The molecular weight excluding hydrogens is 426 g/mol. The van der Waals surface area contributed by atoms with Crippen molar-refractivity contribution >= 4 is 44.0 Å². The number of halogens is 2. The van der Waals surface area contributed by atoms with E-state index < -0.39 is 0 Å². The number of hydrogen-bond acceptors (Lipinski definition) is 4. The minimum atomic E-state index is -0.298. The number of amides is 1. The van der Waals surface area contributed by atoms with Gasteiger partial charge >= 0.3 is 0 Å². The number of benzene rings is 1. The zero-order valence-electron chi connectivity index (χ0n) is 12.0. The van der Waals surface area contributed by atoms with Gasteiger partial charge in [-0.3, -0.25) is 9.78 Å². The van der Waals surface area contributed by atoms with Crippen molar-refractivity contribution < 1.29 is 9.53 Å². The van der Waals surface area contributed by atoms with Crippen molar-refractivity contribution in [1.29, 1.82) is 0 Å². The highest BCUT2D eigenvalue weighted by molar-refractivity contribution is 9.11. The third-order valence-electron chi connectivity index (χ3n) is 2.69. The lowest BCUT2D eigenvalue weighted by molar-refractivity contribution is 0.0955. The zero-order chi connectivity index (χ0) is 16.7. The molecule has 0 aliphatic carbocycles. The molecular formula is C16H13Br2N3O2. The number of ether oxygens (including phenoxy) is 1. The van der Waals surface area contributed by atoms with Crippen LogP contribution in [0.15, 0.2) is 63.4 Å². The number of carbonyl (C=O) groups excluding carboxylic acids is 1. The lowest BCUT2D eigenvalue weighted by Gasteiger charge is -2.09. The average Bonchev–Trinajstić information content (AvgIpc) is 2.55. The van der Waals surface area contributed by atoms with Gasteiger partial charge in [0.05, 0.1) is 15.2 Å². The first kappa shape index (κ1) is 17.4. The number of aromatic nitrogens is 1. The number of nitrogens with zero attached hydrogens (tertiary/aromatic N) is 2. The summed E-state index contributed by atoms with van der Waals surface area (Å²) in [4.78, 5) is 15.7. The van der Waals surface area contributed by atoms with Crippen molar-refractivity contribution in [2.45, 2.75) is 0 Å². The van der Waals surface area contributed by atoms with E-state index in [0.717, 1.165) is 14.5 Å². The maximum Gasteiger partial charge on any atom is 0.271 e. The summed E-state index contributed by atoms with van der Waals surface area (Å²) in [5.74, 6) is 0.385. The molecule has 0 aliphatic rings. The van der Waals surface area contributed by atoms with E-state index in [0.29, 0.717) is 17.9 Å². The van der Waals surface area contributed by atoms with Crippen LogP contribution in [0.3, 0.4) is 0 Å². The summed E-state index contributed by atoms with van der Waals surface area (Å²) in [6.45, 7) is 4.02. The lowest BCUT2D eigenvalue weighted by Crippen LogP contribution is -2.17. The number of rotatable bonds is 6. The van der Waals surface area contributed by atoms with Crippen molar-refractivity contribution in [2.24, 2.45) is 5.10 Å². The van der Waals surface area contributed by atoms with Crippen molar-refractivity contribution in [3.63, 3.8) is 0 Å². The van der Waals surface area contributed by atoms with Gasteiger partial charge in [0, 0.05) is 18.0 Å². The molecule has 5 nitrogen and oxygen atoms in total. The Kier molecular flexibility index (Phi) is 6.49. The van der Waals surface area contributed by atoms with Crippen LogP contribution >= 0.6 is 31.9 Å². The molecule has 1 N–H and O–H groups in total. The third kappa shape index (κ3) is 5.01. The second-order valence-electron chi connectivity index (χ2n) is 4.35. The summed E-state index contributed by atoms with van der Waals surface area (Å²) in [6, 6.07) is 6.91. The molecule has 7 heteroatoms. The number of pyridine rings is 1.